The Morgan fingerprint density at radius 3 is 3.00 bits per heavy atom. The summed E-state index contributed by atoms with van der Waals surface area (Å²) in [5.41, 5.74) is 4.01. The molecule has 2 aromatic rings. The van der Waals surface area contributed by atoms with Gasteiger partial charge in [-0.25, -0.2) is 0 Å². The predicted molar refractivity (Wildman–Crippen MR) is 81.2 cm³/mol. The number of para-hydroxylation sites is 1. The Morgan fingerprint density at radius 2 is 2.20 bits per heavy atom. The standard InChI is InChI=1S/C15H18N2O2.ClH/c1-11(18)19-9-8-17-14-5-3-2-4-12(14)13-10-16-7-6-15(13)17;/h2-5,16H,6-10H2,1H3;1H. The number of carbonyl (C=O) groups is 1. The molecule has 0 aliphatic carbocycles. The molecule has 1 aliphatic heterocycles. The molecule has 3 rings (SSSR count). The summed E-state index contributed by atoms with van der Waals surface area (Å²) in [6, 6.07) is 8.45. The lowest BCUT2D eigenvalue weighted by Gasteiger charge is -2.17. The molecule has 2 heterocycles. The number of nitrogens with zero attached hydrogens (tertiary/aromatic N) is 1. The van der Waals surface area contributed by atoms with Gasteiger partial charge in [-0.3, -0.25) is 4.79 Å². The summed E-state index contributed by atoms with van der Waals surface area (Å²) in [5, 5.41) is 4.73. The topological polar surface area (TPSA) is 43.3 Å². The van der Waals surface area contributed by atoms with E-state index in [0.717, 1.165) is 26.1 Å². The molecule has 1 aliphatic rings. The Bertz CT molecular complexity index is 622. The van der Waals surface area contributed by atoms with Gasteiger partial charge >= 0.3 is 5.97 Å². The molecule has 0 saturated carbocycles. The molecule has 0 unspecified atom stereocenters. The quantitative estimate of drug-likeness (QED) is 0.883. The van der Waals surface area contributed by atoms with Gasteiger partial charge in [0.15, 0.2) is 0 Å². The summed E-state index contributed by atoms with van der Waals surface area (Å²) >= 11 is 0. The number of carbonyl (C=O) groups excluding carboxylic acids is 1. The van der Waals surface area contributed by atoms with Crippen LogP contribution < -0.4 is 5.32 Å². The van der Waals surface area contributed by atoms with Crippen LogP contribution in [0.1, 0.15) is 18.2 Å². The smallest absolute Gasteiger partial charge is 0.302 e. The van der Waals surface area contributed by atoms with E-state index in [1.54, 1.807) is 0 Å². The Balaban J connectivity index is 0.00000147. The van der Waals surface area contributed by atoms with Crippen LogP contribution in [-0.4, -0.2) is 23.7 Å². The van der Waals surface area contributed by atoms with E-state index in [9.17, 15) is 4.79 Å². The number of esters is 1. The van der Waals surface area contributed by atoms with Crippen LogP contribution in [0, 0.1) is 0 Å². The average Bonchev–Trinajstić information content (AvgIpc) is 2.74. The number of fused-ring (bicyclic) bond motifs is 3. The first-order valence-corrected chi connectivity index (χ1v) is 6.70. The van der Waals surface area contributed by atoms with E-state index >= 15 is 0 Å². The fourth-order valence-corrected chi connectivity index (χ4v) is 2.87. The highest BCUT2D eigenvalue weighted by Crippen LogP contribution is 2.28. The molecule has 5 heteroatoms. The van der Waals surface area contributed by atoms with Crippen molar-refractivity contribution in [3.05, 3.63) is 35.5 Å². The van der Waals surface area contributed by atoms with Gasteiger partial charge in [0, 0.05) is 43.0 Å². The van der Waals surface area contributed by atoms with E-state index in [0.29, 0.717) is 6.61 Å². The maximum atomic E-state index is 10.9. The second kappa shape index (κ2) is 6.29. The number of hydrogen-bond acceptors (Lipinski definition) is 3. The lowest BCUT2D eigenvalue weighted by Crippen LogP contribution is -2.25. The number of rotatable bonds is 3. The molecule has 0 spiro atoms. The van der Waals surface area contributed by atoms with Gasteiger partial charge in [0.2, 0.25) is 0 Å². The molecule has 108 valence electrons. The molecular weight excluding hydrogens is 276 g/mol. The summed E-state index contributed by atoms with van der Waals surface area (Å²) in [6.07, 6.45) is 1.03. The van der Waals surface area contributed by atoms with Crippen molar-refractivity contribution >= 4 is 29.3 Å². The van der Waals surface area contributed by atoms with Crippen molar-refractivity contribution in [3.63, 3.8) is 0 Å². The number of aromatic nitrogens is 1. The van der Waals surface area contributed by atoms with Gasteiger partial charge in [-0.15, -0.1) is 12.4 Å². The first kappa shape index (κ1) is 14.9. The minimum Gasteiger partial charge on any atom is -0.464 e. The van der Waals surface area contributed by atoms with Crippen molar-refractivity contribution in [3.8, 4) is 0 Å². The zero-order valence-electron chi connectivity index (χ0n) is 11.5. The van der Waals surface area contributed by atoms with Crippen molar-refractivity contribution in [2.24, 2.45) is 0 Å². The lowest BCUT2D eigenvalue weighted by atomic mass is 10.1. The van der Waals surface area contributed by atoms with Crippen LogP contribution in [0.5, 0.6) is 0 Å². The van der Waals surface area contributed by atoms with E-state index in [-0.39, 0.29) is 18.4 Å². The summed E-state index contributed by atoms with van der Waals surface area (Å²) in [5.74, 6) is -0.216. The van der Waals surface area contributed by atoms with E-state index in [4.69, 9.17) is 4.74 Å². The number of ether oxygens (including phenoxy) is 1. The summed E-state index contributed by atoms with van der Waals surface area (Å²) in [7, 11) is 0. The summed E-state index contributed by atoms with van der Waals surface area (Å²) in [6.45, 7) is 4.56. The van der Waals surface area contributed by atoms with Crippen molar-refractivity contribution in [2.75, 3.05) is 13.2 Å². The second-order valence-electron chi connectivity index (χ2n) is 4.86. The molecule has 0 bridgehead atoms. The van der Waals surface area contributed by atoms with Crippen molar-refractivity contribution in [2.45, 2.75) is 26.4 Å². The van der Waals surface area contributed by atoms with Crippen LogP contribution in [0.2, 0.25) is 0 Å². The molecule has 4 nitrogen and oxygen atoms in total. The van der Waals surface area contributed by atoms with E-state index in [1.807, 2.05) is 0 Å². The Hall–Kier alpha value is -1.52. The number of nitrogens with one attached hydrogen (secondary N) is 1. The molecule has 0 atom stereocenters. The van der Waals surface area contributed by atoms with Crippen molar-refractivity contribution in [1.29, 1.82) is 0 Å². The Kier molecular flexibility index (Phi) is 4.68. The third-order valence-electron chi connectivity index (χ3n) is 3.65. The highest BCUT2D eigenvalue weighted by Gasteiger charge is 2.19. The van der Waals surface area contributed by atoms with Crippen LogP contribution >= 0.6 is 12.4 Å². The summed E-state index contributed by atoms with van der Waals surface area (Å²) in [4.78, 5) is 10.9. The van der Waals surface area contributed by atoms with E-state index in [2.05, 4.69) is 34.1 Å². The van der Waals surface area contributed by atoms with Gasteiger partial charge in [-0.1, -0.05) is 18.2 Å². The van der Waals surface area contributed by atoms with E-state index in [1.165, 1.54) is 29.1 Å². The van der Waals surface area contributed by atoms with Crippen molar-refractivity contribution in [1.82, 2.24) is 9.88 Å². The van der Waals surface area contributed by atoms with Gasteiger partial charge in [-0.05, 0) is 11.6 Å². The number of benzene rings is 1. The highest BCUT2D eigenvalue weighted by atomic mass is 35.5. The molecule has 20 heavy (non-hydrogen) atoms. The zero-order valence-corrected chi connectivity index (χ0v) is 12.3. The van der Waals surface area contributed by atoms with Crippen LogP contribution in [0.25, 0.3) is 10.9 Å². The predicted octanol–water partition coefficient (Wildman–Crippen LogP) is 2.27. The van der Waals surface area contributed by atoms with Crippen LogP contribution in [0.15, 0.2) is 24.3 Å². The third-order valence-corrected chi connectivity index (χ3v) is 3.65. The maximum Gasteiger partial charge on any atom is 0.302 e. The summed E-state index contributed by atoms with van der Waals surface area (Å²) < 4.78 is 7.38. The molecule has 0 radical (unpaired) electrons. The first-order chi connectivity index (χ1) is 9.27. The van der Waals surface area contributed by atoms with Crippen LogP contribution in [-0.2, 0) is 29.0 Å². The Labute approximate surface area is 124 Å². The highest BCUT2D eigenvalue weighted by molar-refractivity contribution is 5.86. The molecule has 1 aromatic carbocycles. The average molecular weight is 295 g/mol. The van der Waals surface area contributed by atoms with Gasteiger partial charge < -0.3 is 14.6 Å². The largest absolute Gasteiger partial charge is 0.464 e. The third kappa shape index (κ3) is 2.67. The van der Waals surface area contributed by atoms with Gasteiger partial charge in [0.05, 0.1) is 6.54 Å². The van der Waals surface area contributed by atoms with E-state index < -0.39 is 0 Å². The fraction of sp³-hybridized carbons (Fsp3) is 0.400. The number of halogens is 1. The van der Waals surface area contributed by atoms with Crippen molar-refractivity contribution < 1.29 is 9.53 Å². The maximum absolute atomic E-state index is 10.9. The molecule has 1 aromatic heterocycles. The molecule has 0 saturated heterocycles. The van der Waals surface area contributed by atoms with Crippen LogP contribution in [0.4, 0.5) is 0 Å². The molecule has 0 amide bonds. The second-order valence-corrected chi connectivity index (χ2v) is 4.86. The Morgan fingerprint density at radius 1 is 1.40 bits per heavy atom. The van der Waals surface area contributed by atoms with Gasteiger partial charge in [0.25, 0.3) is 0 Å². The zero-order chi connectivity index (χ0) is 13.2. The monoisotopic (exact) mass is 294 g/mol. The normalized spacial score (nSPS) is 13.7. The lowest BCUT2D eigenvalue weighted by molar-refractivity contribution is -0.141. The van der Waals surface area contributed by atoms with Gasteiger partial charge in [-0.2, -0.15) is 0 Å². The molecule has 1 N–H and O–H groups in total. The molecular formula is C15H19ClN2O2. The van der Waals surface area contributed by atoms with Gasteiger partial charge in [0.1, 0.15) is 6.61 Å². The fourth-order valence-electron chi connectivity index (χ4n) is 2.87. The number of hydrogen-bond donors (Lipinski definition) is 1. The minimum atomic E-state index is -0.216. The van der Waals surface area contributed by atoms with Crippen LogP contribution in [0.3, 0.4) is 0 Å². The first-order valence-electron chi connectivity index (χ1n) is 6.70. The molecule has 0 fully saturated rings. The minimum absolute atomic E-state index is 0. The SMILES string of the molecule is CC(=O)OCCn1c2c(c3ccccc31)CNCC2.Cl.